The molecule has 0 unspecified atom stereocenters. The first-order valence-electron chi connectivity index (χ1n) is 8.14. The molecule has 0 aliphatic carbocycles. The van der Waals surface area contributed by atoms with Gasteiger partial charge in [0.15, 0.2) is 0 Å². The maximum absolute atomic E-state index is 12.9. The Morgan fingerprint density at radius 3 is 2.96 bits per heavy atom. The van der Waals surface area contributed by atoms with Gasteiger partial charge in [-0.2, -0.15) is 0 Å². The molecule has 1 aliphatic rings. The van der Waals surface area contributed by atoms with Crippen molar-refractivity contribution in [2.75, 3.05) is 13.7 Å². The Bertz CT molecular complexity index is 966. The molecule has 3 aromatic rings. The number of rotatable bonds is 3. The van der Waals surface area contributed by atoms with E-state index in [2.05, 4.69) is 15.3 Å². The number of thiazole rings is 1. The number of methoxy groups -OCH3 is 1. The van der Waals surface area contributed by atoms with E-state index in [4.69, 9.17) is 4.74 Å². The average molecular weight is 371 g/mol. The number of hydrogen-bond donors (Lipinski definition) is 1. The van der Waals surface area contributed by atoms with Crippen LogP contribution in [0, 0.1) is 0 Å². The molecular formula is C17H17N5O3S. The Balaban J connectivity index is 1.71. The maximum atomic E-state index is 12.9. The maximum Gasteiger partial charge on any atom is 0.409 e. The second kappa shape index (κ2) is 6.75. The van der Waals surface area contributed by atoms with Crippen molar-refractivity contribution in [2.24, 2.45) is 0 Å². The summed E-state index contributed by atoms with van der Waals surface area (Å²) in [5.41, 5.74) is 2.08. The number of aromatic nitrogens is 3. The monoisotopic (exact) mass is 371 g/mol. The highest BCUT2D eigenvalue weighted by molar-refractivity contribution is 7.09. The van der Waals surface area contributed by atoms with Gasteiger partial charge in [0.2, 0.25) is 0 Å². The molecular weight excluding hydrogens is 354 g/mol. The van der Waals surface area contributed by atoms with Gasteiger partial charge >= 0.3 is 6.09 Å². The number of carbonyl (C=O) groups excluding carboxylic acids is 2. The van der Waals surface area contributed by atoms with Crippen LogP contribution < -0.4 is 5.32 Å². The molecule has 2 amide bonds. The molecule has 1 N–H and O–H groups in total. The van der Waals surface area contributed by atoms with Crippen molar-refractivity contribution in [3.8, 4) is 0 Å². The largest absolute Gasteiger partial charge is 0.453 e. The molecule has 26 heavy (non-hydrogen) atoms. The molecule has 0 spiro atoms. The molecule has 0 saturated heterocycles. The highest BCUT2D eigenvalue weighted by Crippen LogP contribution is 2.28. The van der Waals surface area contributed by atoms with Crippen LogP contribution in [0.2, 0.25) is 0 Å². The lowest BCUT2D eigenvalue weighted by Crippen LogP contribution is -2.39. The van der Waals surface area contributed by atoms with Gasteiger partial charge in [0, 0.05) is 36.2 Å². The zero-order valence-electron chi connectivity index (χ0n) is 14.1. The first-order valence-corrected chi connectivity index (χ1v) is 9.02. The van der Waals surface area contributed by atoms with Gasteiger partial charge in [-0.25, -0.2) is 14.8 Å². The number of nitrogens with one attached hydrogen (secondary N) is 1. The second-order valence-electron chi connectivity index (χ2n) is 5.85. The fraction of sp³-hybridized carbons (Fsp3) is 0.294. The standard InChI is InChI=1S/C17H17N5O3S/c1-25-17(24)21-6-7-22-12(10-21)14(11-3-2-4-19-15(11)22)16(23)20-9-13-18-5-8-26-13/h2-5,8H,6-7,9-10H2,1H3,(H,20,23). The van der Waals surface area contributed by atoms with Gasteiger partial charge < -0.3 is 19.5 Å². The van der Waals surface area contributed by atoms with Crippen LogP contribution in [-0.2, 0) is 24.4 Å². The van der Waals surface area contributed by atoms with Gasteiger partial charge in [0.05, 0.1) is 31.5 Å². The normalized spacial score (nSPS) is 13.5. The summed E-state index contributed by atoms with van der Waals surface area (Å²) in [6.07, 6.45) is 3.02. The van der Waals surface area contributed by atoms with Crippen molar-refractivity contribution in [3.63, 3.8) is 0 Å². The third-order valence-electron chi connectivity index (χ3n) is 4.40. The molecule has 8 nitrogen and oxygen atoms in total. The molecule has 0 radical (unpaired) electrons. The van der Waals surface area contributed by atoms with E-state index in [1.54, 1.807) is 17.3 Å². The average Bonchev–Trinajstić information content (AvgIpc) is 3.30. The van der Waals surface area contributed by atoms with Crippen LogP contribution in [0.15, 0.2) is 29.9 Å². The van der Waals surface area contributed by atoms with E-state index in [1.165, 1.54) is 18.4 Å². The summed E-state index contributed by atoms with van der Waals surface area (Å²) in [6, 6.07) is 3.69. The quantitative estimate of drug-likeness (QED) is 0.761. The second-order valence-corrected chi connectivity index (χ2v) is 6.83. The zero-order valence-corrected chi connectivity index (χ0v) is 15.0. The lowest BCUT2D eigenvalue weighted by molar-refractivity contribution is 0.0941. The lowest BCUT2D eigenvalue weighted by Gasteiger charge is -2.28. The van der Waals surface area contributed by atoms with Crippen LogP contribution in [0.3, 0.4) is 0 Å². The first-order chi connectivity index (χ1) is 12.7. The summed E-state index contributed by atoms with van der Waals surface area (Å²) in [4.78, 5) is 35.1. The third-order valence-corrected chi connectivity index (χ3v) is 5.18. The van der Waals surface area contributed by atoms with Gasteiger partial charge in [-0.15, -0.1) is 11.3 Å². The van der Waals surface area contributed by atoms with Crippen LogP contribution in [0.5, 0.6) is 0 Å². The van der Waals surface area contributed by atoms with Crippen molar-refractivity contribution in [2.45, 2.75) is 19.6 Å². The summed E-state index contributed by atoms with van der Waals surface area (Å²) in [5.74, 6) is -0.196. The van der Waals surface area contributed by atoms with Gasteiger partial charge in [0.25, 0.3) is 5.91 Å². The predicted octanol–water partition coefficient (Wildman–Crippen LogP) is 2.00. The first kappa shape index (κ1) is 16.5. The van der Waals surface area contributed by atoms with E-state index in [0.717, 1.165) is 21.7 Å². The fourth-order valence-electron chi connectivity index (χ4n) is 3.23. The number of pyridine rings is 1. The lowest BCUT2D eigenvalue weighted by atomic mass is 10.1. The molecule has 134 valence electrons. The third kappa shape index (κ3) is 2.80. The number of nitrogens with zero attached hydrogens (tertiary/aromatic N) is 4. The molecule has 4 rings (SSSR count). The van der Waals surface area contributed by atoms with Crippen LogP contribution in [0.1, 0.15) is 21.1 Å². The molecule has 0 bridgehead atoms. The van der Waals surface area contributed by atoms with Crippen molar-refractivity contribution in [3.05, 3.63) is 46.2 Å². The Labute approximate surface area is 153 Å². The van der Waals surface area contributed by atoms with E-state index < -0.39 is 6.09 Å². The minimum atomic E-state index is -0.399. The molecule has 0 fully saturated rings. The van der Waals surface area contributed by atoms with Gasteiger partial charge in [-0.05, 0) is 12.1 Å². The Morgan fingerprint density at radius 2 is 2.19 bits per heavy atom. The smallest absolute Gasteiger partial charge is 0.409 e. The molecule has 3 aromatic heterocycles. The van der Waals surface area contributed by atoms with Crippen LogP contribution in [0.4, 0.5) is 4.79 Å². The molecule has 9 heteroatoms. The summed E-state index contributed by atoms with van der Waals surface area (Å²) in [6.45, 7) is 1.75. The minimum Gasteiger partial charge on any atom is -0.453 e. The Morgan fingerprint density at radius 1 is 1.31 bits per heavy atom. The van der Waals surface area contributed by atoms with Crippen LogP contribution in [0.25, 0.3) is 11.0 Å². The summed E-state index contributed by atoms with van der Waals surface area (Å²) in [5, 5.41) is 6.41. The zero-order chi connectivity index (χ0) is 18.1. The highest BCUT2D eigenvalue weighted by Gasteiger charge is 2.29. The molecule has 0 atom stereocenters. The van der Waals surface area contributed by atoms with Crippen molar-refractivity contribution in [1.82, 2.24) is 24.8 Å². The van der Waals surface area contributed by atoms with Crippen molar-refractivity contribution < 1.29 is 14.3 Å². The molecule has 4 heterocycles. The van der Waals surface area contributed by atoms with E-state index in [0.29, 0.717) is 31.7 Å². The number of carbonyl (C=O) groups is 2. The van der Waals surface area contributed by atoms with Gasteiger partial charge in [-0.3, -0.25) is 4.79 Å². The highest BCUT2D eigenvalue weighted by atomic mass is 32.1. The van der Waals surface area contributed by atoms with Crippen molar-refractivity contribution in [1.29, 1.82) is 0 Å². The topological polar surface area (TPSA) is 89.4 Å². The Hall–Kier alpha value is -2.94. The summed E-state index contributed by atoms with van der Waals surface area (Å²) >= 11 is 1.49. The van der Waals surface area contributed by atoms with Crippen LogP contribution >= 0.6 is 11.3 Å². The summed E-state index contributed by atoms with van der Waals surface area (Å²) in [7, 11) is 1.36. The van der Waals surface area contributed by atoms with Gasteiger partial charge in [-0.1, -0.05) is 0 Å². The van der Waals surface area contributed by atoms with E-state index >= 15 is 0 Å². The van der Waals surface area contributed by atoms with Crippen LogP contribution in [-0.4, -0.2) is 45.1 Å². The van der Waals surface area contributed by atoms with Crippen molar-refractivity contribution >= 4 is 34.4 Å². The van der Waals surface area contributed by atoms with Gasteiger partial charge in [0.1, 0.15) is 10.7 Å². The van der Waals surface area contributed by atoms with E-state index in [1.807, 2.05) is 22.1 Å². The Kier molecular flexibility index (Phi) is 4.29. The summed E-state index contributed by atoms with van der Waals surface area (Å²) < 4.78 is 6.84. The number of hydrogen-bond acceptors (Lipinski definition) is 6. The minimum absolute atomic E-state index is 0.196. The SMILES string of the molecule is COC(=O)N1CCn2c(c(C(=O)NCc3nccs3)c3cccnc32)C1. The van der Waals surface area contributed by atoms with E-state index in [9.17, 15) is 9.59 Å². The van der Waals surface area contributed by atoms with E-state index in [-0.39, 0.29) is 5.91 Å². The number of fused-ring (bicyclic) bond motifs is 3. The molecule has 0 saturated carbocycles. The number of amides is 2. The molecule has 1 aliphatic heterocycles. The fourth-order valence-corrected chi connectivity index (χ4v) is 3.79. The number of ether oxygens (including phenoxy) is 1. The molecule has 0 aromatic carbocycles. The predicted molar refractivity (Wildman–Crippen MR) is 95.8 cm³/mol.